The van der Waals surface area contributed by atoms with Crippen LogP contribution in [-0.4, -0.2) is 74.5 Å². The van der Waals surface area contributed by atoms with Crippen molar-refractivity contribution in [3.63, 3.8) is 0 Å². The Labute approximate surface area is 252 Å². The van der Waals surface area contributed by atoms with E-state index in [0.29, 0.717) is 55.4 Å². The highest BCUT2D eigenvalue weighted by molar-refractivity contribution is 7.88. The molecule has 1 unspecified atom stereocenters. The van der Waals surface area contributed by atoms with E-state index in [1.165, 1.54) is 23.7 Å². The maximum absolute atomic E-state index is 15.3. The van der Waals surface area contributed by atoms with Gasteiger partial charge in [0.05, 0.1) is 19.3 Å². The highest BCUT2D eigenvalue weighted by Crippen LogP contribution is 2.38. The smallest absolute Gasteiger partial charge is 0.227 e. The van der Waals surface area contributed by atoms with Crippen molar-refractivity contribution >= 4 is 27.5 Å². The van der Waals surface area contributed by atoms with Crippen LogP contribution >= 0.6 is 11.6 Å². The number of methoxy groups -OCH3 is 1. The lowest BCUT2D eigenvalue weighted by Gasteiger charge is -2.37. The topological polar surface area (TPSA) is 70.2 Å². The molecule has 2 heterocycles. The van der Waals surface area contributed by atoms with Crippen molar-refractivity contribution in [2.24, 2.45) is 5.92 Å². The van der Waals surface area contributed by atoms with Gasteiger partial charge in [-0.1, -0.05) is 60.1 Å². The third kappa shape index (κ3) is 6.97. The highest BCUT2D eigenvalue weighted by Gasteiger charge is 2.42. The molecule has 1 amide bonds. The first-order valence-electron chi connectivity index (χ1n) is 14.2. The van der Waals surface area contributed by atoms with Gasteiger partial charge in [0.2, 0.25) is 15.9 Å². The SMILES string of the molecule is COc1ccc([C@@H]2CN(Cc3ccccc3)C[C@H]2C(=O)N2CCCC(c3ccc(Cl)cc3)N(S(C)(=O)=O)CC2)c(F)c1. The lowest BCUT2D eigenvalue weighted by molar-refractivity contribution is -0.136. The summed E-state index contributed by atoms with van der Waals surface area (Å²) in [7, 11) is -2.06. The van der Waals surface area contributed by atoms with Crippen molar-refractivity contribution in [3.05, 3.63) is 100 Å². The van der Waals surface area contributed by atoms with E-state index >= 15 is 4.39 Å². The third-order valence-electron chi connectivity index (χ3n) is 8.40. The minimum absolute atomic E-state index is 0.0656. The summed E-state index contributed by atoms with van der Waals surface area (Å²) in [6.45, 7) is 2.64. The number of hydrogen-bond acceptors (Lipinski definition) is 5. The summed E-state index contributed by atoms with van der Waals surface area (Å²) in [4.78, 5) is 18.2. The summed E-state index contributed by atoms with van der Waals surface area (Å²) in [5, 5.41) is 0.591. The molecule has 0 saturated carbocycles. The Bertz CT molecular complexity index is 1490. The number of amides is 1. The van der Waals surface area contributed by atoms with Crippen molar-refractivity contribution in [2.45, 2.75) is 31.3 Å². The van der Waals surface area contributed by atoms with Gasteiger partial charge in [-0.25, -0.2) is 12.8 Å². The minimum Gasteiger partial charge on any atom is -0.497 e. The molecule has 0 aromatic heterocycles. The van der Waals surface area contributed by atoms with E-state index in [0.717, 1.165) is 11.1 Å². The Morgan fingerprint density at radius 1 is 1.00 bits per heavy atom. The summed E-state index contributed by atoms with van der Waals surface area (Å²) < 4.78 is 47.9. The predicted molar refractivity (Wildman–Crippen MR) is 162 cm³/mol. The second-order valence-corrected chi connectivity index (χ2v) is 13.6. The second-order valence-electron chi connectivity index (χ2n) is 11.2. The van der Waals surface area contributed by atoms with Crippen molar-refractivity contribution < 1.29 is 22.3 Å². The Hall–Kier alpha value is -2.98. The number of halogens is 2. The molecule has 10 heteroatoms. The Balaban J connectivity index is 1.39. The van der Waals surface area contributed by atoms with Gasteiger partial charge in [-0.15, -0.1) is 0 Å². The zero-order valence-corrected chi connectivity index (χ0v) is 25.5. The molecule has 0 bridgehead atoms. The monoisotopic (exact) mass is 613 g/mol. The first kappa shape index (κ1) is 30.5. The van der Waals surface area contributed by atoms with Crippen LogP contribution in [0.25, 0.3) is 0 Å². The van der Waals surface area contributed by atoms with Crippen molar-refractivity contribution in [1.82, 2.24) is 14.1 Å². The number of rotatable bonds is 7. The van der Waals surface area contributed by atoms with E-state index in [4.69, 9.17) is 16.3 Å². The van der Waals surface area contributed by atoms with Crippen molar-refractivity contribution in [2.75, 3.05) is 46.1 Å². The standard InChI is InChI=1S/C32H37ClFN3O4S/c1-41-26-14-15-27(30(34)19-26)28-21-35(20-23-7-4-3-5-8-23)22-29(28)32(38)36-16-6-9-31(24-10-12-25(33)13-11-24)37(18-17-36)42(2,39)40/h3-5,7-8,10-15,19,28-29,31H,6,9,16-18,20-22H2,1-2H3/t28-,29+,31?/m0/s1. The predicted octanol–water partition coefficient (Wildman–Crippen LogP) is 5.33. The maximum atomic E-state index is 15.3. The molecule has 3 aromatic carbocycles. The minimum atomic E-state index is -3.56. The van der Waals surface area contributed by atoms with Crippen molar-refractivity contribution in [3.8, 4) is 5.75 Å². The largest absolute Gasteiger partial charge is 0.497 e. The van der Waals surface area contributed by atoms with Gasteiger partial charge in [0.1, 0.15) is 11.6 Å². The van der Waals surface area contributed by atoms with Crippen LogP contribution in [0.5, 0.6) is 5.75 Å². The van der Waals surface area contributed by atoms with E-state index in [9.17, 15) is 13.2 Å². The number of ether oxygens (including phenoxy) is 1. The molecule has 0 N–H and O–H groups in total. The molecule has 0 aliphatic carbocycles. The van der Waals surface area contributed by atoms with E-state index in [1.54, 1.807) is 29.2 Å². The fourth-order valence-electron chi connectivity index (χ4n) is 6.33. The normalized spacial score (nSPS) is 22.5. The van der Waals surface area contributed by atoms with Gasteiger partial charge >= 0.3 is 0 Å². The van der Waals surface area contributed by atoms with Crippen LogP contribution in [0.3, 0.4) is 0 Å². The number of sulfonamides is 1. The lowest BCUT2D eigenvalue weighted by Crippen LogP contribution is -2.47. The fraction of sp³-hybridized carbons (Fsp3) is 0.406. The van der Waals surface area contributed by atoms with Gasteiger partial charge < -0.3 is 9.64 Å². The average Bonchev–Trinajstić information content (AvgIpc) is 3.36. The first-order chi connectivity index (χ1) is 20.1. The Morgan fingerprint density at radius 2 is 1.74 bits per heavy atom. The number of carbonyl (C=O) groups is 1. The Morgan fingerprint density at radius 3 is 2.40 bits per heavy atom. The zero-order chi connectivity index (χ0) is 29.9. The molecule has 3 atom stereocenters. The number of hydrogen-bond donors (Lipinski definition) is 0. The molecule has 0 spiro atoms. The lowest BCUT2D eigenvalue weighted by atomic mass is 9.87. The van der Waals surface area contributed by atoms with Gasteiger partial charge in [0, 0.05) is 62.3 Å². The molecule has 0 radical (unpaired) electrons. The van der Waals surface area contributed by atoms with Crippen LogP contribution in [0, 0.1) is 11.7 Å². The molecule has 5 rings (SSSR count). The number of benzene rings is 3. The average molecular weight is 614 g/mol. The molecule has 2 saturated heterocycles. The van der Waals surface area contributed by atoms with Crippen LogP contribution in [0.4, 0.5) is 4.39 Å². The van der Waals surface area contributed by atoms with Crippen LogP contribution in [0.2, 0.25) is 5.02 Å². The molecule has 42 heavy (non-hydrogen) atoms. The molecule has 224 valence electrons. The summed E-state index contributed by atoms with van der Waals surface area (Å²) in [5.41, 5.74) is 2.51. The molecule has 2 fully saturated rings. The molecule has 3 aromatic rings. The van der Waals surface area contributed by atoms with E-state index < -0.39 is 15.9 Å². The summed E-state index contributed by atoms with van der Waals surface area (Å²) in [5.74, 6) is -0.831. The Kier molecular flexibility index (Phi) is 9.52. The van der Waals surface area contributed by atoms with E-state index in [2.05, 4.69) is 4.90 Å². The second kappa shape index (κ2) is 13.1. The number of likely N-dealkylation sites (tertiary alicyclic amines) is 1. The van der Waals surface area contributed by atoms with Gasteiger partial charge in [0.15, 0.2) is 0 Å². The summed E-state index contributed by atoms with van der Waals surface area (Å²) >= 11 is 6.08. The van der Waals surface area contributed by atoms with Crippen LogP contribution < -0.4 is 4.74 Å². The quantitative estimate of drug-likeness (QED) is 0.360. The van der Waals surface area contributed by atoms with Crippen LogP contribution in [-0.2, 0) is 21.4 Å². The summed E-state index contributed by atoms with van der Waals surface area (Å²) in [6, 6.07) is 21.8. The zero-order valence-electron chi connectivity index (χ0n) is 24.0. The maximum Gasteiger partial charge on any atom is 0.227 e. The third-order valence-corrected chi connectivity index (χ3v) is 9.95. The van der Waals surface area contributed by atoms with E-state index in [1.807, 2.05) is 42.5 Å². The molecule has 2 aliphatic heterocycles. The summed E-state index contributed by atoms with van der Waals surface area (Å²) in [6.07, 6.45) is 2.41. The fourth-order valence-corrected chi connectivity index (χ4v) is 7.56. The van der Waals surface area contributed by atoms with Crippen molar-refractivity contribution in [1.29, 1.82) is 0 Å². The molecular formula is C32H37ClFN3O4S. The molecular weight excluding hydrogens is 577 g/mol. The van der Waals surface area contributed by atoms with Gasteiger partial charge in [-0.05, 0) is 47.7 Å². The van der Waals surface area contributed by atoms with Crippen LogP contribution in [0.15, 0.2) is 72.8 Å². The van der Waals surface area contributed by atoms with Gasteiger partial charge in [-0.2, -0.15) is 4.31 Å². The highest BCUT2D eigenvalue weighted by atomic mass is 35.5. The van der Waals surface area contributed by atoms with Gasteiger partial charge in [-0.3, -0.25) is 9.69 Å². The molecule has 2 aliphatic rings. The number of nitrogens with zero attached hydrogens (tertiary/aromatic N) is 3. The first-order valence-corrected chi connectivity index (χ1v) is 16.5. The molecule has 7 nitrogen and oxygen atoms in total. The van der Waals surface area contributed by atoms with Gasteiger partial charge in [0.25, 0.3) is 0 Å². The number of carbonyl (C=O) groups excluding carboxylic acids is 1. The van der Waals surface area contributed by atoms with Crippen LogP contribution in [0.1, 0.15) is 41.5 Å². The van der Waals surface area contributed by atoms with E-state index in [-0.39, 0.29) is 36.8 Å².